The van der Waals surface area contributed by atoms with Crippen molar-refractivity contribution in [3.63, 3.8) is 0 Å². The molecule has 1 heterocycles. The fourth-order valence-electron chi connectivity index (χ4n) is 1.93. The second kappa shape index (κ2) is 7.18. The van der Waals surface area contributed by atoms with Gasteiger partial charge in [0.15, 0.2) is 0 Å². The Morgan fingerprint density at radius 3 is 2.43 bits per heavy atom. The minimum atomic E-state index is -0.157. The van der Waals surface area contributed by atoms with E-state index < -0.39 is 0 Å². The van der Waals surface area contributed by atoms with Crippen LogP contribution in [0.25, 0.3) is 0 Å². The molecular formula is C17H20N2OS. The highest BCUT2D eigenvalue weighted by Gasteiger charge is 2.07. The molecular weight excluding hydrogens is 280 g/mol. The highest BCUT2D eigenvalue weighted by atomic mass is 32.1. The van der Waals surface area contributed by atoms with Crippen LogP contribution < -0.4 is 5.43 Å². The largest absolute Gasteiger partial charge is 0.272 e. The van der Waals surface area contributed by atoms with E-state index in [0.717, 1.165) is 24.1 Å². The van der Waals surface area contributed by atoms with E-state index >= 15 is 0 Å². The molecule has 0 spiro atoms. The van der Waals surface area contributed by atoms with E-state index in [0.29, 0.717) is 5.56 Å². The molecule has 0 bridgehead atoms. The lowest BCUT2D eigenvalue weighted by molar-refractivity contribution is 0.0955. The molecule has 1 amide bonds. The van der Waals surface area contributed by atoms with Crippen LogP contribution in [0, 0.1) is 0 Å². The number of hydrogen-bond donors (Lipinski definition) is 1. The number of carbonyl (C=O) groups excluding carboxylic acids is 1. The standard InChI is InChI=1S/C17H20N2OS/c1-4-13-6-8-14(9-7-13)12(3)18-19-17(20)15-10-16(5-2)21-11-15/h6-11H,4-5H2,1-3H3,(H,19,20)/b18-12-. The number of nitrogens with one attached hydrogen (secondary N) is 1. The van der Waals surface area contributed by atoms with Crippen molar-refractivity contribution in [3.8, 4) is 0 Å². The minimum Gasteiger partial charge on any atom is -0.267 e. The Morgan fingerprint density at radius 1 is 1.14 bits per heavy atom. The van der Waals surface area contributed by atoms with Gasteiger partial charge in [0.2, 0.25) is 0 Å². The summed E-state index contributed by atoms with van der Waals surface area (Å²) in [6, 6.07) is 10.2. The molecule has 2 aromatic rings. The predicted octanol–water partition coefficient (Wildman–Crippen LogP) is 4.03. The molecule has 3 nitrogen and oxygen atoms in total. The van der Waals surface area contributed by atoms with Crippen LogP contribution in [0.2, 0.25) is 0 Å². The Hall–Kier alpha value is -1.94. The fraction of sp³-hybridized carbons (Fsp3) is 0.294. The zero-order valence-electron chi connectivity index (χ0n) is 12.6. The number of nitrogens with zero attached hydrogens (tertiary/aromatic N) is 1. The summed E-state index contributed by atoms with van der Waals surface area (Å²) >= 11 is 1.60. The average Bonchev–Trinajstić information content (AvgIpc) is 3.01. The summed E-state index contributed by atoms with van der Waals surface area (Å²) in [6.07, 6.45) is 1.97. The van der Waals surface area contributed by atoms with Crippen molar-refractivity contribution < 1.29 is 4.79 Å². The Kier molecular flexibility index (Phi) is 5.28. The summed E-state index contributed by atoms with van der Waals surface area (Å²) in [7, 11) is 0. The maximum absolute atomic E-state index is 12.0. The van der Waals surface area contributed by atoms with Crippen LogP contribution in [-0.2, 0) is 12.8 Å². The summed E-state index contributed by atoms with van der Waals surface area (Å²) in [5.74, 6) is -0.157. The first-order valence-electron chi connectivity index (χ1n) is 7.15. The van der Waals surface area contributed by atoms with Crippen molar-refractivity contribution in [2.75, 3.05) is 0 Å². The first-order chi connectivity index (χ1) is 10.1. The van der Waals surface area contributed by atoms with Crippen molar-refractivity contribution in [2.45, 2.75) is 33.6 Å². The SMILES string of the molecule is CCc1ccc(/C(C)=N\NC(=O)c2csc(CC)c2)cc1. The van der Waals surface area contributed by atoms with Crippen molar-refractivity contribution in [2.24, 2.45) is 5.10 Å². The second-order valence-corrected chi connectivity index (χ2v) is 5.84. The number of carbonyl (C=O) groups is 1. The van der Waals surface area contributed by atoms with Gasteiger partial charge in [-0.1, -0.05) is 38.1 Å². The average molecular weight is 300 g/mol. The van der Waals surface area contributed by atoms with Crippen molar-refractivity contribution in [1.82, 2.24) is 5.43 Å². The quantitative estimate of drug-likeness (QED) is 0.657. The molecule has 0 fully saturated rings. The Morgan fingerprint density at radius 2 is 1.86 bits per heavy atom. The zero-order valence-corrected chi connectivity index (χ0v) is 13.5. The Bertz CT molecular complexity index is 641. The topological polar surface area (TPSA) is 41.5 Å². The second-order valence-electron chi connectivity index (χ2n) is 4.84. The van der Waals surface area contributed by atoms with E-state index in [1.54, 1.807) is 11.3 Å². The summed E-state index contributed by atoms with van der Waals surface area (Å²) in [5, 5.41) is 6.05. The smallest absolute Gasteiger partial charge is 0.267 e. The van der Waals surface area contributed by atoms with Crippen molar-refractivity contribution >= 4 is 23.0 Å². The first kappa shape index (κ1) is 15.4. The highest BCUT2D eigenvalue weighted by Crippen LogP contribution is 2.15. The molecule has 1 N–H and O–H groups in total. The number of rotatable bonds is 5. The molecule has 0 atom stereocenters. The van der Waals surface area contributed by atoms with Crippen LogP contribution in [-0.4, -0.2) is 11.6 Å². The molecule has 0 saturated heterocycles. The maximum Gasteiger partial charge on any atom is 0.272 e. The van der Waals surface area contributed by atoms with Crippen molar-refractivity contribution in [3.05, 3.63) is 57.3 Å². The van der Waals surface area contributed by atoms with E-state index in [4.69, 9.17) is 0 Å². The molecule has 0 aliphatic heterocycles. The van der Waals surface area contributed by atoms with Gasteiger partial charge in [-0.3, -0.25) is 4.79 Å². The van der Waals surface area contributed by atoms with Crippen LogP contribution in [0.15, 0.2) is 40.8 Å². The number of amides is 1. The molecule has 21 heavy (non-hydrogen) atoms. The van der Waals surface area contributed by atoms with Crippen LogP contribution in [0.1, 0.15) is 47.1 Å². The minimum absolute atomic E-state index is 0.157. The molecule has 0 radical (unpaired) electrons. The van der Waals surface area contributed by atoms with Gasteiger partial charge in [0.05, 0.1) is 11.3 Å². The van der Waals surface area contributed by atoms with E-state index in [1.165, 1.54) is 10.4 Å². The van der Waals surface area contributed by atoms with E-state index in [1.807, 2.05) is 30.5 Å². The van der Waals surface area contributed by atoms with E-state index in [9.17, 15) is 4.79 Å². The van der Waals surface area contributed by atoms with Gasteiger partial charge in [-0.15, -0.1) is 11.3 Å². The number of hydrazone groups is 1. The normalized spacial score (nSPS) is 11.5. The van der Waals surface area contributed by atoms with Gasteiger partial charge in [-0.05, 0) is 37.0 Å². The van der Waals surface area contributed by atoms with Crippen LogP contribution in [0.5, 0.6) is 0 Å². The van der Waals surface area contributed by atoms with Crippen LogP contribution in [0.4, 0.5) is 0 Å². The van der Waals surface area contributed by atoms with Crippen LogP contribution in [0.3, 0.4) is 0 Å². The van der Waals surface area contributed by atoms with Gasteiger partial charge in [-0.25, -0.2) is 5.43 Å². The summed E-state index contributed by atoms with van der Waals surface area (Å²) < 4.78 is 0. The Labute approximate surface area is 129 Å². The highest BCUT2D eigenvalue weighted by molar-refractivity contribution is 7.10. The van der Waals surface area contributed by atoms with Gasteiger partial charge >= 0.3 is 0 Å². The third kappa shape index (κ3) is 4.02. The number of hydrogen-bond acceptors (Lipinski definition) is 3. The summed E-state index contributed by atoms with van der Waals surface area (Å²) in [4.78, 5) is 13.2. The first-order valence-corrected chi connectivity index (χ1v) is 8.03. The predicted molar refractivity (Wildman–Crippen MR) is 89.2 cm³/mol. The molecule has 2 rings (SSSR count). The molecule has 1 aromatic heterocycles. The summed E-state index contributed by atoms with van der Waals surface area (Å²) in [6.45, 7) is 6.10. The lowest BCUT2D eigenvalue weighted by Crippen LogP contribution is -2.18. The van der Waals surface area contributed by atoms with Crippen LogP contribution >= 0.6 is 11.3 Å². The number of thiophene rings is 1. The molecule has 0 aliphatic carbocycles. The number of aryl methyl sites for hydroxylation is 2. The van der Waals surface area contributed by atoms with Gasteiger partial charge in [-0.2, -0.15) is 5.10 Å². The number of benzene rings is 1. The molecule has 110 valence electrons. The third-order valence-corrected chi connectivity index (χ3v) is 4.45. The molecule has 0 saturated carbocycles. The Balaban J connectivity index is 2.03. The molecule has 0 unspecified atom stereocenters. The molecule has 4 heteroatoms. The lowest BCUT2D eigenvalue weighted by Gasteiger charge is -2.03. The zero-order chi connectivity index (χ0) is 15.2. The van der Waals surface area contributed by atoms with Gasteiger partial charge in [0.25, 0.3) is 5.91 Å². The monoisotopic (exact) mass is 300 g/mol. The lowest BCUT2D eigenvalue weighted by atomic mass is 10.1. The van der Waals surface area contributed by atoms with Gasteiger partial charge in [0.1, 0.15) is 0 Å². The third-order valence-electron chi connectivity index (χ3n) is 3.37. The van der Waals surface area contributed by atoms with Crippen molar-refractivity contribution in [1.29, 1.82) is 0 Å². The van der Waals surface area contributed by atoms with E-state index in [-0.39, 0.29) is 5.91 Å². The maximum atomic E-state index is 12.0. The van der Waals surface area contributed by atoms with Gasteiger partial charge in [0, 0.05) is 10.3 Å². The van der Waals surface area contributed by atoms with Gasteiger partial charge < -0.3 is 0 Å². The van der Waals surface area contributed by atoms with E-state index in [2.05, 4.69) is 36.5 Å². The molecule has 0 aliphatic rings. The fourth-order valence-corrected chi connectivity index (χ4v) is 2.75. The molecule has 1 aromatic carbocycles. The summed E-state index contributed by atoms with van der Waals surface area (Å²) in [5.41, 5.74) is 6.41.